The second-order valence-electron chi connectivity index (χ2n) is 11.0. The molecule has 1 saturated heterocycles. The van der Waals surface area contributed by atoms with Crippen LogP contribution in [-0.2, 0) is 32.0 Å². The molecule has 1 aliphatic rings. The molecule has 1 aliphatic heterocycles. The van der Waals surface area contributed by atoms with E-state index >= 15 is 0 Å². The van der Waals surface area contributed by atoms with Crippen molar-refractivity contribution in [1.82, 2.24) is 20.5 Å². The number of benzene rings is 2. The van der Waals surface area contributed by atoms with E-state index < -0.39 is 42.0 Å². The summed E-state index contributed by atoms with van der Waals surface area (Å²) in [6.07, 6.45) is 3.57. The lowest BCUT2D eigenvalue weighted by molar-refractivity contribution is -0.143. The standard InChI is InChI=1S/C31H39N5O6/c1-3-18(2)27(32)30(40)36-14-6-9-26(36)29(39)34-24(15-19-10-12-21(37)13-11-19)28(38)35-25(31(41)42)16-20-17-33-23-8-5-4-7-22(20)23/h4-5,7-8,10-13,17-18,24-27,33,37H,3,6,9,14-16,32H2,1-2H3,(H,34,39)(H,35,38)(H,41,42). The fourth-order valence-corrected chi connectivity index (χ4v) is 5.33. The number of carbonyl (C=O) groups excluding carboxylic acids is 3. The lowest BCUT2D eigenvalue weighted by Gasteiger charge is -2.30. The smallest absolute Gasteiger partial charge is 0.326 e. The number of likely N-dealkylation sites (tertiary alicyclic amines) is 1. The summed E-state index contributed by atoms with van der Waals surface area (Å²) in [6, 6.07) is 9.75. The number of fused-ring (bicyclic) bond motifs is 1. The molecule has 7 N–H and O–H groups in total. The van der Waals surface area contributed by atoms with Gasteiger partial charge in [-0.2, -0.15) is 0 Å². The Morgan fingerprint density at radius 3 is 2.45 bits per heavy atom. The summed E-state index contributed by atoms with van der Waals surface area (Å²) in [4.78, 5) is 57.0. The van der Waals surface area contributed by atoms with Gasteiger partial charge in [0, 0.05) is 36.5 Å². The molecule has 0 aliphatic carbocycles. The first-order valence-electron chi connectivity index (χ1n) is 14.3. The Morgan fingerprint density at radius 1 is 1.05 bits per heavy atom. The third-order valence-electron chi connectivity index (χ3n) is 8.10. The number of phenols is 1. The number of carboxylic acid groups (broad SMARTS) is 1. The highest BCUT2D eigenvalue weighted by atomic mass is 16.4. The number of hydrogen-bond donors (Lipinski definition) is 6. The van der Waals surface area contributed by atoms with E-state index in [0.29, 0.717) is 24.9 Å². The molecule has 0 spiro atoms. The quantitative estimate of drug-likeness (QED) is 0.191. The maximum atomic E-state index is 13.6. The number of nitrogens with two attached hydrogens (primary N) is 1. The van der Waals surface area contributed by atoms with Crippen LogP contribution in [0.4, 0.5) is 0 Å². The van der Waals surface area contributed by atoms with Gasteiger partial charge >= 0.3 is 5.97 Å². The van der Waals surface area contributed by atoms with E-state index in [1.807, 2.05) is 38.1 Å². The number of aromatic nitrogens is 1. The van der Waals surface area contributed by atoms with Crippen molar-refractivity contribution >= 4 is 34.6 Å². The van der Waals surface area contributed by atoms with Crippen molar-refractivity contribution in [2.24, 2.45) is 11.7 Å². The first-order chi connectivity index (χ1) is 20.1. The number of para-hydroxylation sites is 1. The monoisotopic (exact) mass is 577 g/mol. The summed E-state index contributed by atoms with van der Waals surface area (Å²) < 4.78 is 0. The number of aliphatic carboxylic acids is 1. The van der Waals surface area contributed by atoms with Crippen molar-refractivity contribution in [1.29, 1.82) is 0 Å². The van der Waals surface area contributed by atoms with Gasteiger partial charge in [0.1, 0.15) is 23.9 Å². The number of hydrogen-bond acceptors (Lipinski definition) is 6. The summed E-state index contributed by atoms with van der Waals surface area (Å²) in [5, 5.41) is 25.9. The molecule has 4 rings (SSSR count). The first kappa shape index (κ1) is 30.6. The number of nitrogens with zero attached hydrogens (tertiary/aromatic N) is 1. The molecule has 5 atom stereocenters. The molecule has 11 heteroatoms. The minimum absolute atomic E-state index is 0.0311. The Bertz CT molecular complexity index is 1420. The van der Waals surface area contributed by atoms with Crippen LogP contribution in [0.15, 0.2) is 54.7 Å². The van der Waals surface area contributed by atoms with Crippen LogP contribution in [-0.4, -0.2) is 74.5 Å². The highest BCUT2D eigenvalue weighted by Gasteiger charge is 2.39. The topological polar surface area (TPSA) is 178 Å². The predicted octanol–water partition coefficient (Wildman–Crippen LogP) is 2.08. The van der Waals surface area contributed by atoms with E-state index in [-0.39, 0.29) is 30.4 Å². The Labute approximate surface area is 244 Å². The molecule has 1 fully saturated rings. The van der Waals surface area contributed by atoms with Crippen molar-refractivity contribution in [3.8, 4) is 5.75 Å². The highest BCUT2D eigenvalue weighted by Crippen LogP contribution is 2.22. The number of nitrogens with one attached hydrogen (secondary N) is 3. The van der Waals surface area contributed by atoms with Crippen LogP contribution in [0, 0.1) is 5.92 Å². The number of aromatic hydroxyl groups is 1. The average Bonchev–Trinajstić information content (AvgIpc) is 3.64. The van der Waals surface area contributed by atoms with Crippen LogP contribution < -0.4 is 16.4 Å². The zero-order valence-corrected chi connectivity index (χ0v) is 23.9. The number of amides is 3. The number of aromatic amines is 1. The summed E-state index contributed by atoms with van der Waals surface area (Å²) in [5.41, 5.74) is 8.42. The van der Waals surface area contributed by atoms with Crippen molar-refractivity contribution in [3.05, 3.63) is 65.9 Å². The number of carboxylic acids is 1. The molecule has 224 valence electrons. The fraction of sp³-hybridized carbons (Fsp3) is 0.419. The van der Waals surface area contributed by atoms with Crippen LogP contribution in [0.5, 0.6) is 5.75 Å². The molecule has 0 saturated carbocycles. The van der Waals surface area contributed by atoms with Crippen molar-refractivity contribution < 1.29 is 29.4 Å². The number of phenolic OH excluding ortho intramolecular Hbond substituents is 1. The number of carbonyl (C=O) groups is 4. The van der Waals surface area contributed by atoms with Crippen molar-refractivity contribution in [2.45, 2.75) is 70.1 Å². The zero-order valence-electron chi connectivity index (χ0n) is 23.9. The van der Waals surface area contributed by atoms with E-state index in [4.69, 9.17) is 5.73 Å². The Hall–Kier alpha value is -4.38. The second-order valence-corrected chi connectivity index (χ2v) is 11.0. The lowest BCUT2D eigenvalue weighted by atomic mass is 9.98. The van der Waals surface area contributed by atoms with Crippen molar-refractivity contribution in [2.75, 3.05) is 6.54 Å². The summed E-state index contributed by atoms with van der Waals surface area (Å²) in [6.45, 7) is 4.23. The zero-order chi connectivity index (χ0) is 30.4. The van der Waals surface area contributed by atoms with Crippen LogP contribution in [0.1, 0.15) is 44.2 Å². The van der Waals surface area contributed by atoms with Gasteiger partial charge in [0.25, 0.3) is 0 Å². The predicted molar refractivity (Wildman–Crippen MR) is 157 cm³/mol. The Kier molecular flexibility index (Phi) is 9.84. The molecular weight excluding hydrogens is 538 g/mol. The Morgan fingerprint density at radius 2 is 1.76 bits per heavy atom. The average molecular weight is 578 g/mol. The first-order valence-corrected chi connectivity index (χ1v) is 14.3. The van der Waals surface area contributed by atoms with Crippen LogP contribution in [0.2, 0.25) is 0 Å². The largest absolute Gasteiger partial charge is 0.508 e. The van der Waals surface area contributed by atoms with Gasteiger partial charge in [0.15, 0.2) is 0 Å². The number of rotatable bonds is 12. The molecule has 0 bridgehead atoms. The maximum absolute atomic E-state index is 13.6. The van der Waals surface area contributed by atoms with Gasteiger partial charge in [0.05, 0.1) is 6.04 Å². The molecule has 2 aromatic carbocycles. The van der Waals surface area contributed by atoms with Gasteiger partial charge in [-0.15, -0.1) is 0 Å². The van der Waals surface area contributed by atoms with Gasteiger partial charge in [0.2, 0.25) is 17.7 Å². The van der Waals surface area contributed by atoms with E-state index in [1.165, 1.54) is 17.0 Å². The molecular formula is C31H39N5O6. The normalized spacial score (nSPS) is 17.8. The lowest BCUT2D eigenvalue weighted by Crippen LogP contribution is -2.57. The van der Waals surface area contributed by atoms with Gasteiger partial charge in [-0.3, -0.25) is 14.4 Å². The van der Waals surface area contributed by atoms with Crippen LogP contribution >= 0.6 is 0 Å². The molecule has 5 unspecified atom stereocenters. The molecule has 2 heterocycles. The fourth-order valence-electron chi connectivity index (χ4n) is 5.33. The second kappa shape index (κ2) is 13.5. The summed E-state index contributed by atoms with van der Waals surface area (Å²) >= 11 is 0. The summed E-state index contributed by atoms with van der Waals surface area (Å²) in [5.74, 6) is -2.69. The van der Waals surface area contributed by atoms with Gasteiger partial charge in [-0.05, 0) is 48.1 Å². The third kappa shape index (κ3) is 7.09. The molecule has 0 radical (unpaired) electrons. The minimum Gasteiger partial charge on any atom is -0.508 e. The van der Waals surface area contributed by atoms with Gasteiger partial charge in [-0.25, -0.2) is 4.79 Å². The van der Waals surface area contributed by atoms with Crippen LogP contribution in [0.3, 0.4) is 0 Å². The minimum atomic E-state index is -1.26. The van der Waals surface area contributed by atoms with E-state index in [9.17, 15) is 29.4 Å². The molecule has 1 aromatic heterocycles. The summed E-state index contributed by atoms with van der Waals surface area (Å²) in [7, 11) is 0. The van der Waals surface area contributed by atoms with Gasteiger partial charge < -0.3 is 36.5 Å². The van der Waals surface area contributed by atoms with Crippen LogP contribution in [0.25, 0.3) is 10.9 Å². The SMILES string of the molecule is CCC(C)C(N)C(=O)N1CCCC1C(=O)NC(Cc1ccc(O)cc1)C(=O)NC(Cc1c[nH]c2ccccc12)C(=O)O. The molecule has 3 amide bonds. The third-order valence-corrected chi connectivity index (χ3v) is 8.10. The highest BCUT2D eigenvalue weighted by molar-refractivity contribution is 5.95. The van der Waals surface area contributed by atoms with Crippen molar-refractivity contribution in [3.63, 3.8) is 0 Å². The molecule has 3 aromatic rings. The molecule has 11 nitrogen and oxygen atoms in total. The maximum Gasteiger partial charge on any atom is 0.326 e. The van der Waals surface area contributed by atoms with E-state index in [2.05, 4.69) is 15.6 Å². The number of H-pyrrole nitrogens is 1. The van der Waals surface area contributed by atoms with Gasteiger partial charge in [-0.1, -0.05) is 50.6 Å². The molecule has 42 heavy (non-hydrogen) atoms. The van der Waals surface area contributed by atoms with E-state index in [1.54, 1.807) is 18.3 Å². The Balaban J connectivity index is 1.53. The van der Waals surface area contributed by atoms with E-state index in [0.717, 1.165) is 22.9 Å².